The number of amides is 1. The van der Waals surface area contributed by atoms with Crippen molar-refractivity contribution in [1.82, 2.24) is 10.6 Å². The van der Waals surface area contributed by atoms with Gasteiger partial charge < -0.3 is 20.5 Å². The Bertz CT molecular complexity index is 277. The number of likely N-dealkylation sites (N-methyl/N-ethyl adjacent to an activating group) is 1. The number of hydrogen-bond acceptors (Lipinski definition) is 4. The molecule has 5 nitrogen and oxygen atoms in total. The van der Waals surface area contributed by atoms with Crippen molar-refractivity contribution in [1.29, 1.82) is 0 Å². The average Bonchev–Trinajstić information content (AvgIpc) is 2.81. The summed E-state index contributed by atoms with van der Waals surface area (Å²) in [6.07, 6.45) is 3.17. The highest BCUT2D eigenvalue weighted by Crippen LogP contribution is 2.20. The number of carbonyl (C=O) groups excluding carboxylic acids is 1. The molecule has 104 valence electrons. The van der Waals surface area contributed by atoms with Crippen molar-refractivity contribution < 1.29 is 14.6 Å². The molecule has 1 aliphatic carbocycles. The van der Waals surface area contributed by atoms with Gasteiger partial charge in [0.25, 0.3) is 0 Å². The van der Waals surface area contributed by atoms with Crippen LogP contribution in [0, 0.1) is 5.92 Å². The van der Waals surface area contributed by atoms with E-state index in [0.717, 1.165) is 32.2 Å². The summed E-state index contributed by atoms with van der Waals surface area (Å²) in [5.41, 5.74) is 0. The second-order valence-corrected chi connectivity index (χ2v) is 5.32. The standard InChI is InChI=1S/C13H24N2O3/c1-2-14-12-8-18-7-11(12)13(17)15-9-3-5-10(16)6-4-9/h9-12,14,16H,2-8H2,1H3,(H,15,17). The molecule has 0 aromatic heterocycles. The van der Waals surface area contributed by atoms with Crippen LogP contribution in [-0.2, 0) is 9.53 Å². The largest absolute Gasteiger partial charge is 0.393 e. The summed E-state index contributed by atoms with van der Waals surface area (Å²) in [5, 5.41) is 15.8. The fraction of sp³-hybridized carbons (Fsp3) is 0.923. The molecule has 0 spiro atoms. The Morgan fingerprint density at radius 3 is 2.67 bits per heavy atom. The fourth-order valence-corrected chi connectivity index (χ4v) is 2.80. The molecule has 2 unspecified atom stereocenters. The zero-order valence-electron chi connectivity index (χ0n) is 11.0. The molecule has 2 fully saturated rings. The van der Waals surface area contributed by atoms with E-state index in [-0.39, 0.29) is 30.0 Å². The van der Waals surface area contributed by atoms with Crippen molar-refractivity contribution in [3.05, 3.63) is 0 Å². The maximum Gasteiger partial charge on any atom is 0.227 e. The minimum Gasteiger partial charge on any atom is -0.393 e. The van der Waals surface area contributed by atoms with E-state index in [0.29, 0.717) is 13.2 Å². The molecule has 3 N–H and O–H groups in total. The van der Waals surface area contributed by atoms with Crippen molar-refractivity contribution >= 4 is 5.91 Å². The summed E-state index contributed by atoms with van der Waals surface area (Å²) >= 11 is 0. The predicted molar refractivity (Wildman–Crippen MR) is 68.2 cm³/mol. The molecule has 2 rings (SSSR count). The summed E-state index contributed by atoms with van der Waals surface area (Å²) < 4.78 is 5.39. The van der Waals surface area contributed by atoms with Crippen LogP contribution < -0.4 is 10.6 Å². The predicted octanol–water partition coefficient (Wildman–Crippen LogP) is 0.0306. The van der Waals surface area contributed by atoms with Gasteiger partial charge >= 0.3 is 0 Å². The van der Waals surface area contributed by atoms with E-state index in [1.165, 1.54) is 0 Å². The fourth-order valence-electron chi connectivity index (χ4n) is 2.80. The van der Waals surface area contributed by atoms with Gasteiger partial charge in [0.05, 0.1) is 25.2 Å². The normalized spacial score (nSPS) is 36.6. The van der Waals surface area contributed by atoms with E-state index >= 15 is 0 Å². The molecule has 2 aliphatic rings. The first kappa shape index (κ1) is 13.8. The van der Waals surface area contributed by atoms with Gasteiger partial charge in [-0.1, -0.05) is 6.92 Å². The summed E-state index contributed by atoms with van der Waals surface area (Å²) in [6.45, 7) is 4.03. The third-order valence-corrected chi connectivity index (χ3v) is 3.93. The van der Waals surface area contributed by atoms with Gasteiger partial charge in [-0.3, -0.25) is 4.79 Å². The lowest BCUT2D eigenvalue weighted by Crippen LogP contribution is -2.47. The summed E-state index contributed by atoms with van der Waals surface area (Å²) in [7, 11) is 0. The van der Waals surface area contributed by atoms with Gasteiger partial charge in [-0.05, 0) is 32.2 Å². The second-order valence-electron chi connectivity index (χ2n) is 5.32. The van der Waals surface area contributed by atoms with Crippen LogP contribution in [0.3, 0.4) is 0 Å². The average molecular weight is 256 g/mol. The Hall–Kier alpha value is -0.650. The number of aliphatic hydroxyl groups is 1. The highest BCUT2D eigenvalue weighted by Gasteiger charge is 2.34. The van der Waals surface area contributed by atoms with Gasteiger partial charge in [0.15, 0.2) is 0 Å². The molecule has 0 radical (unpaired) electrons. The zero-order valence-corrected chi connectivity index (χ0v) is 11.0. The molecule has 0 aromatic rings. The Balaban J connectivity index is 1.80. The Labute approximate surface area is 108 Å². The Morgan fingerprint density at radius 1 is 1.28 bits per heavy atom. The molecule has 1 amide bonds. The van der Waals surface area contributed by atoms with E-state index in [9.17, 15) is 9.90 Å². The van der Waals surface area contributed by atoms with Gasteiger partial charge in [0.2, 0.25) is 5.91 Å². The van der Waals surface area contributed by atoms with E-state index in [4.69, 9.17) is 4.74 Å². The van der Waals surface area contributed by atoms with Crippen molar-refractivity contribution in [2.75, 3.05) is 19.8 Å². The van der Waals surface area contributed by atoms with E-state index in [1.54, 1.807) is 0 Å². The van der Waals surface area contributed by atoms with Gasteiger partial charge in [0.1, 0.15) is 0 Å². The number of hydrogen-bond donors (Lipinski definition) is 3. The molecule has 1 aliphatic heterocycles. The number of ether oxygens (including phenoxy) is 1. The first-order valence-corrected chi connectivity index (χ1v) is 7.00. The lowest BCUT2D eigenvalue weighted by Gasteiger charge is -2.28. The van der Waals surface area contributed by atoms with E-state index in [1.807, 2.05) is 6.92 Å². The molecule has 1 saturated carbocycles. The highest BCUT2D eigenvalue weighted by atomic mass is 16.5. The molecule has 2 atom stereocenters. The number of carbonyl (C=O) groups is 1. The van der Waals surface area contributed by atoms with Crippen LogP contribution in [0.4, 0.5) is 0 Å². The first-order chi connectivity index (χ1) is 8.70. The van der Waals surface area contributed by atoms with Crippen molar-refractivity contribution in [2.24, 2.45) is 5.92 Å². The molecular weight excluding hydrogens is 232 g/mol. The lowest BCUT2D eigenvalue weighted by molar-refractivity contribution is -0.126. The molecule has 0 bridgehead atoms. The van der Waals surface area contributed by atoms with Crippen LogP contribution in [0.2, 0.25) is 0 Å². The third-order valence-electron chi connectivity index (χ3n) is 3.93. The summed E-state index contributed by atoms with van der Waals surface area (Å²) in [4.78, 5) is 12.2. The first-order valence-electron chi connectivity index (χ1n) is 7.00. The third kappa shape index (κ3) is 3.43. The number of rotatable bonds is 4. The van der Waals surface area contributed by atoms with E-state index < -0.39 is 0 Å². The van der Waals surface area contributed by atoms with Crippen LogP contribution in [0.1, 0.15) is 32.6 Å². The van der Waals surface area contributed by atoms with Crippen LogP contribution in [0.15, 0.2) is 0 Å². The van der Waals surface area contributed by atoms with Gasteiger partial charge in [-0.2, -0.15) is 0 Å². The molecule has 1 saturated heterocycles. The van der Waals surface area contributed by atoms with Gasteiger partial charge in [0, 0.05) is 12.1 Å². The van der Waals surface area contributed by atoms with Crippen LogP contribution >= 0.6 is 0 Å². The quantitative estimate of drug-likeness (QED) is 0.664. The molecule has 5 heteroatoms. The van der Waals surface area contributed by atoms with Crippen molar-refractivity contribution in [3.63, 3.8) is 0 Å². The Morgan fingerprint density at radius 2 is 2.00 bits per heavy atom. The maximum atomic E-state index is 12.2. The topological polar surface area (TPSA) is 70.6 Å². The second kappa shape index (κ2) is 6.50. The maximum absolute atomic E-state index is 12.2. The molecular formula is C13H24N2O3. The van der Waals surface area contributed by atoms with Crippen LogP contribution in [-0.4, -0.2) is 49.0 Å². The lowest BCUT2D eigenvalue weighted by atomic mass is 9.92. The molecule has 1 heterocycles. The highest BCUT2D eigenvalue weighted by molar-refractivity contribution is 5.80. The van der Waals surface area contributed by atoms with Crippen molar-refractivity contribution in [2.45, 2.75) is 50.8 Å². The molecule has 0 aromatic carbocycles. The number of aliphatic hydroxyl groups excluding tert-OH is 1. The summed E-state index contributed by atoms with van der Waals surface area (Å²) in [6, 6.07) is 0.368. The van der Waals surface area contributed by atoms with Crippen LogP contribution in [0.25, 0.3) is 0 Å². The summed E-state index contributed by atoms with van der Waals surface area (Å²) in [5.74, 6) is 0.0247. The number of nitrogens with one attached hydrogen (secondary N) is 2. The zero-order chi connectivity index (χ0) is 13.0. The van der Waals surface area contributed by atoms with E-state index in [2.05, 4.69) is 10.6 Å². The molecule has 18 heavy (non-hydrogen) atoms. The van der Waals surface area contributed by atoms with Gasteiger partial charge in [-0.25, -0.2) is 0 Å². The Kier molecular flexibility index (Phi) is 4.97. The smallest absolute Gasteiger partial charge is 0.227 e. The SMILES string of the molecule is CCNC1COCC1C(=O)NC1CCC(O)CC1. The minimum absolute atomic E-state index is 0.0724. The van der Waals surface area contributed by atoms with Crippen molar-refractivity contribution in [3.8, 4) is 0 Å². The van der Waals surface area contributed by atoms with Gasteiger partial charge in [-0.15, -0.1) is 0 Å². The monoisotopic (exact) mass is 256 g/mol. The van der Waals surface area contributed by atoms with Crippen LogP contribution in [0.5, 0.6) is 0 Å². The minimum atomic E-state index is -0.178.